The summed E-state index contributed by atoms with van der Waals surface area (Å²) < 4.78 is 0. The summed E-state index contributed by atoms with van der Waals surface area (Å²) in [6.07, 6.45) is 2.81. The molecule has 4 N–H and O–H groups in total. The minimum atomic E-state index is -0.217. The van der Waals surface area contributed by atoms with Crippen molar-refractivity contribution in [2.75, 3.05) is 16.9 Å². The van der Waals surface area contributed by atoms with E-state index in [-0.39, 0.29) is 17.6 Å². The van der Waals surface area contributed by atoms with E-state index >= 15 is 0 Å². The Bertz CT molecular complexity index is 356. The smallest absolute Gasteiger partial charge is 0.271 e. The Morgan fingerprint density at radius 2 is 2.29 bits per heavy atom. The van der Waals surface area contributed by atoms with E-state index in [1.165, 1.54) is 12.4 Å². The molecule has 17 heavy (non-hydrogen) atoms. The largest absolute Gasteiger partial charge is 0.347 e. The topological polar surface area (TPSA) is 92.9 Å². The van der Waals surface area contributed by atoms with E-state index in [0.717, 1.165) is 11.5 Å². The average Bonchev–Trinajstić information content (AvgIpc) is 2.36. The molecular weight excluding hydrogens is 238 g/mol. The summed E-state index contributed by atoms with van der Waals surface area (Å²) in [5.41, 5.74) is 2.64. The van der Waals surface area contributed by atoms with E-state index in [9.17, 15) is 4.79 Å². The Kier molecular flexibility index (Phi) is 5.71. The van der Waals surface area contributed by atoms with E-state index in [4.69, 9.17) is 5.84 Å². The van der Waals surface area contributed by atoms with Crippen LogP contribution in [0.15, 0.2) is 12.4 Å². The van der Waals surface area contributed by atoms with Gasteiger partial charge in [0.2, 0.25) is 0 Å². The summed E-state index contributed by atoms with van der Waals surface area (Å²) in [5, 5.41) is 2.85. The van der Waals surface area contributed by atoms with Crippen molar-refractivity contribution in [3.63, 3.8) is 0 Å². The number of hydrazine groups is 1. The zero-order valence-corrected chi connectivity index (χ0v) is 10.8. The second kappa shape index (κ2) is 7.08. The maximum absolute atomic E-state index is 11.7. The van der Waals surface area contributed by atoms with E-state index in [1.54, 1.807) is 11.8 Å². The molecule has 0 aliphatic carbocycles. The Morgan fingerprint density at radius 1 is 1.53 bits per heavy atom. The number of aromatic nitrogens is 2. The number of thioether (sulfide) groups is 1. The van der Waals surface area contributed by atoms with Gasteiger partial charge < -0.3 is 10.7 Å². The molecule has 1 aromatic rings. The third kappa shape index (κ3) is 4.58. The Hall–Kier alpha value is -1.34. The van der Waals surface area contributed by atoms with Crippen molar-refractivity contribution >= 4 is 23.5 Å². The van der Waals surface area contributed by atoms with Gasteiger partial charge in [0.05, 0.1) is 12.4 Å². The number of nitrogens with zero attached hydrogens (tertiary/aromatic N) is 2. The molecule has 7 heteroatoms. The first-order valence-electron chi connectivity index (χ1n) is 5.34. The van der Waals surface area contributed by atoms with Crippen LogP contribution in [0, 0.1) is 0 Å². The number of carbonyl (C=O) groups is 1. The Balaban J connectivity index is 2.51. The van der Waals surface area contributed by atoms with Gasteiger partial charge in [-0.15, -0.1) is 0 Å². The number of nitrogens with one attached hydrogen (secondary N) is 2. The molecule has 0 bridgehead atoms. The van der Waals surface area contributed by atoms with Gasteiger partial charge in [0.25, 0.3) is 5.91 Å². The summed E-state index contributed by atoms with van der Waals surface area (Å²) in [4.78, 5) is 19.6. The van der Waals surface area contributed by atoms with Gasteiger partial charge in [-0.2, -0.15) is 11.8 Å². The Labute approximate surface area is 105 Å². The molecule has 1 aromatic heterocycles. The quantitative estimate of drug-likeness (QED) is 0.510. The zero-order valence-electron chi connectivity index (χ0n) is 9.93. The van der Waals surface area contributed by atoms with Crippen LogP contribution in [0.5, 0.6) is 0 Å². The standard InChI is InChI=1S/C10H17N5OS/c1-3-17-6-7(2)14-10(16)8-4-13-9(15-11)5-12-8/h4-5,7H,3,6,11H2,1-2H3,(H,13,15)(H,14,16). The lowest BCUT2D eigenvalue weighted by Gasteiger charge is -2.12. The average molecular weight is 255 g/mol. The molecule has 0 saturated carbocycles. The summed E-state index contributed by atoms with van der Waals surface area (Å²) in [5.74, 6) is 7.29. The van der Waals surface area contributed by atoms with E-state index < -0.39 is 0 Å². The molecule has 0 fully saturated rings. The highest BCUT2D eigenvalue weighted by molar-refractivity contribution is 7.99. The van der Waals surface area contributed by atoms with Crippen LogP contribution in [0.1, 0.15) is 24.3 Å². The number of nitrogen functional groups attached to an aromatic ring is 1. The maximum Gasteiger partial charge on any atom is 0.271 e. The van der Waals surface area contributed by atoms with Crippen molar-refractivity contribution in [2.24, 2.45) is 5.84 Å². The van der Waals surface area contributed by atoms with Crippen LogP contribution in [0.2, 0.25) is 0 Å². The monoisotopic (exact) mass is 255 g/mol. The number of nitrogens with two attached hydrogens (primary N) is 1. The number of rotatable bonds is 6. The fraction of sp³-hybridized carbons (Fsp3) is 0.500. The number of amides is 1. The van der Waals surface area contributed by atoms with Gasteiger partial charge >= 0.3 is 0 Å². The van der Waals surface area contributed by atoms with Gasteiger partial charge in [0.1, 0.15) is 5.69 Å². The van der Waals surface area contributed by atoms with Crippen molar-refractivity contribution in [1.29, 1.82) is 0 Å². The maximum atomic E-state index is 11.7. The molecular formula is C10H17N5OS. The lowest BCUT2D eigenvalue weighted by molar-refractivity contribution is 0.0938. The second-order valence-electron chi connectivity index (χ2n) is 3.47. The van der Waals surface area contributed by atoms with Gasteiger partial charge in [-0.25, -0.2) is 15.8 Å². The van der Waals surface area contributed by atoms with Crippen LogP contribution in [0.25, 0.3) is 0 Å². The number of anilines is 1. The lowest BCUT2D eigenvalue weighted by atomic mass is 10.3. The van der Waals surface area contributed by atoms with Crippen LogP contribution < -0.4 is 16.6 Å². The molecule has 0 spiro atoms. The van der Waals surface area contributed by atoms with Gasteiger partial charge in [0, 0.05) is 11.8 Å². The zero-order chi connectivity index (χ0) is 12.7. The highest BCUT2D eigenvalue weighted by Crippen LogP contribution is 2.03. The van der Waals surface area contributed by atoms with Crippen molar-refractivity contribution in [3.05, 3.63) is 18.1 Å². The molecule has 1 atom stereocenters. The minimum absolute atomic E-state index is 0.113. The SMILES string of the molecule is CCSCC(C)NC(=O)c1cnc(NN)cn1. The molecule has 0 aliphatic heterocycles. The summed E-state index contributed by atoms with van der Waals surface area (Å²) in [7, 11) is 0. The predicted octanol–water partition coefficient (Wildman–Crippen LogP) is 0.634. The van der Waals surface area contributed by atoms with Crippen LogP contribution >= 0.6 is 11.8 Å². The van der Waals surface area contributed by atoms with Gasteiger partial charge in [-0.1, -0.05) is 6.92 Å². The molecule has 94 valence electrons. The summed E-state index contributed by atoms with van der Waals surface area (Å²) in [6.45, 7) is 4.05. The third-order valence-electron chi connectivity index (χ3n) is 1.98. The molecule has 1 unspecified atom stereocenters. The predicted molar refractivity (Wildman–Crippen MR) is 69.8 cm³/mol. The number of hydrogen-bond donors (Lipinski definition) is 3. The van der Waals surface area contributed by atoms with Crippen LogP contribution in [0.4, 0.5) is 5.82 Å². The van der Waals surface area contributed by atoms with Crippen molar-refractivity contribution in [3.8, 4) is 0 Å². The highest BCUT2D eigenvalue weighted by atomic mass is 32.2. The molecule has 0 aromatic carbocycles. The molecule has 6 nitrogen and oxygen atoms in total. The number of hydrogen-bond acceptors (Lipinski definition) is 6. The molecule has 0 saturated heterocycles. The van der Waals surface area contributed by atoms with Crippen LogP contribution in [0.3, 0.4) is 0 Å². The van der Waals surface area contributed by atoms with E-state index in [1.807, 2.05) is 6.92 Å². The lowest BCUT2D eigenvalue weighted by Crippen LogP contribution is -2.34. The minimum Gasteiger partial charge on any atom is -0.347 e. The van der Waals surface area contributed by atoms with Crippen molar-refractivity contribution < 1.29 is 4.79 Å². The van der Waals surface area contributed by atoms with Crippen LogP contribution in [-0.2, 0) is 0 Å². The second-order valence-corrected chi connectivity index (χ2v) is 4.78. The van der Waals surface area contributed by atoms with E-state index in [2.05, 4.69) is 27.6 Å². The molecule has 0 radical (unpaired) electrons. The third-order valence-corrected chi connectivity index (χ3v) is 3.13. The molecule has 1 heterocycles. The van der Waals surface area contributed by atoms with Gasteiger partial charge in [0.15, 0.2) is 5.82 Å². The van der Waals surface area contributed by atoms with Gasteiger partial charge in [-0.3, -0.25) is 4.79 Å². The summed E-state index contributed by atoms with van der Waals surface area (Å²) in [6, 6.07) is 0.113. The van der Waals surface area contributed by atoms with E-state index in [0.29, 0.717) is 5.82 Å². The fourth-order valence-electron chi connectivity index (χ4n) is 1.15. The molecule has 1 rings (SSSR count). The Morgan fingerprint density at radius 3 is 2.82 bits per heavy atom. The van der Waals surface area contributed by atoms with Gasteiger partial charge in [-0.05, 0) is 12.7 Å². The molecule has 0 aliphatic rings. The molecule has 1 amide bonds. The van der Waals surface area contributed by atoms with Crippen molar-refractivity contribution in [2.45, 2.75) is 19.9 Å². The number of carbonyl (C=O) groups excluding carboxylic acids is 1. The van der Waals surface area contributed by atoms with Crippen LogP contribution in [-0.4, -0.2) is 33.4 Å². The first-order chi connectivity index (χ1) is 8.17. The highest BCUT2D eigenvalue weighted by Gasteiger charge is 2.11. The fourth-order valence-corrected chi connectivity index (χ4v) is 1.83. The van der Waals surface area contributed by atoms with Crippen molar-refractivity contribution in [1.82, 2.24) is 15.3 Å². The normalized spacial score (nSPS) is 11.9. The first-order valence-corrected chi connectivity index (χ1v) is 6.50. The first kappa shape index (κ1) is 13.7. The summed E-state index contributed by atoms with van der Waals surface area (Å²) >= 11 is 1.78.